The number of nitrogens with zero attached hydrogens (tertiary/aromatic N) is 1. The number of hydrogen-bond donors (Lipinski definition) is 1. The van der Waals surface area contributed by atoms with Gasteiger partial charge in [-0.15, -0.1) is 0 Å². The Kier molecular flexibility index (Phi) is 6.29. The summed E-state index contributed by atoms with van der Waals surface area (Å²) in [4.78, 5) is 14.1. The van der Waals surface area contributed by atoms with E-state index in [-0.39, 0.29) is 35.4 Å². The molecular formula is C20H24N2O6S. The lowest BCUT2D eigenvalue weighted by molar-refractivity contribution is -0.117. The molecule has 1 N–H and O–H groups in total. The first kappa shape index (κ1) is 20.9. The minimum atomic E-state index is -3.83. The maximum absolute atomic E-state index is 12.8. The summed E-state index contributed by atoms with van der Waals surface area (Å²) in [5, 5.41) is 0. The number of carbonyl (C=O) groups excluding carboxylic acids is 1. The van der Waals surface area contributed by atoms with Crippen LogP contribution in [0.15, 0.2) is 47.4 Å². The van der Waals surface area contributed by atoms with Gasteiger partial charge in [0.15, 0.2) is 0 Å². The molecule has 2 aromatic carbocycles. The van der Waals surface area contributed by atoms with Gasteiger partial charge >= 0.3 is 0 Å². The van der Waals surface area contributed by atoms with E-state index >= 15 is 0 Å². The smallest absolute Gasteiger partial charge is 0.244 e. The molecule has 9 heteroatoms. The molecule has 156 valence electrons. The Morgan fingerprint density at radius 3 is 2.28 bits per heavy atom. The fraction of sp³-hybridized carbons (Fsp3) is 0.350. The van der Waals surface area contributed by atoms with Crippen LogP contribution in [0.3, 0.4) is 0 Å². The number of carbonyl (C=O) groups is 1. The fourth-order valence-electron chi connectivity index (χ4n) is 3.23. The summed E-state index contributed by atoms with van der Waals surface area (Å²) in [6.07, 6.45) is 0.268. The van der Waals surface area contributed by atoms with Crippen molar-refractivity contribution in [3.05, 3.63) is 42.5 Å². The van der Waals surface area contributed by atoms with Crippen LogP contribution < -0.4 is 23.8 Å². The summed E-state index contributed by atoms with van der Waals surface area (Å²) >= 11 is 0. The largest absolute Gasteiger partial charge is 0.497 e. The Morgan fingerprint density at radius 2 is 1.66 bits per heavy atom. The molecule has 1 amide bonds. The number of benzene rings is 2. The molecule has 0 saturated carbocycles. The molecule has 1 saturated heterocycles. The molecule has 1 heterocycles. The maximum Gasteiger partial charge on any atom is 0.244 e. The SMILES string of the molecule is COc1ccc(N2C[C@H](CNS(=O)(=O)c3cc(OC)ccc3OC)CC2=O)cc1. The third kappa shape index (κ3) is 4.63. The molecule has 0 aliphatic carbocycles. The van der Waals surface area contributed by atoms with Crippen molar-refractivity contribution < 1.29 is 27.4 Å². The first-order valence-electron chi connectivity index (χ1n) is 9.04. The zero-order chi connectivity index (χ0) is 21.0. The molecule has 29 heavy (non-hydrogen) atoms. The lowest BCUT2D eigenvalue weighted by atomic mass is 10.1. The van der Waals surface area contributed by atoms with Crippen molar-refractivity contribution in [3.8, 4) is 17.2 Å². The van der Waals surface area contributed by atoms with Crippen LogP contribution >= 0.6 is 0 Å². The number of ether oxygens (including phenoxy) is 3. The molecular weight excluding hydrogens is 396 g/mol. The minimum absolute atomic E-state index is 0.00400. The first-order valence-corrected chi connectivity index (χ1v) is 10.5. The van der Waals surface area contributed by atoms with E-state index in [0.717, 1.165) is 5.69 Å². The third-order valence-electron chi connectivity index (χ3n) is 4.81. The highest BCUT2D eigenvalue weighted by atomic mass is 32.2. The van der Waals surface area contributed by atoms with Crippen LogP contribution in [0.25, 0.3) is 0 Å². The van der Waals surface area contributed by atoms with Gasteiger partial charge in [0.05, 0.1) is 21.3 Å². The van der Waals surface area contributed by atoms with E-state index in [4.69, 9.17) is 14.2 Å². The Morgan fingerprint density at radius 1 is 1.00 bits per heavy atom. The number of methoxy groups -OCH3 is 3. The monoisotopic (exact) mass is 420 g/mol. The Bertz CT molecular complexity index is 975. The van der Waals surface area contributed by atoms with E-state index in [1.165, 1.54) is 26.4 Å². The molecule has 1 atom stereocenters. The van der Waals surface area contributed by atoms with Crippen molar-refractivity contribution >= 4 is 21.6 Å². The predicted octanol–water partition coefficient (Wildman–Crippen LogP) is 2.04. The first-order chi connectivity index (χ1) is 13.9. The molecule has 3 rings (SSSR count). The van der Waals surface area contributed by atoms with Crippen molar-refractivity contribution in [2.24, 2.45) is 5.92 Å². The second kappa shape index (κ2) is 8.71. The molecule has 1 aliphatic rings. The molecule has 1 aliphatic heterocycles. The van der Waals surface area contributed by atoms with Crippen molar-refractivity contribution in [2.45, 2.75) is 11.3 Å². The van der Waals surface area contributed by atoms with Gasteiger partial charge in [0.25, 0.3) is 0 Å². The van der Waals surface area contributed by atoms with Gasteiger partial charge in [-0.3, -0.25) is 4.79 Å². The number of rotatable bonds is 8. The van der Waals surface area contributed by atoms with E-state index in [1.807, 2.05) is 12.1 Å². The van der Waals surface area contributed by atoms with Crippen molar-refractivity contribution in [1.29, 1.82) is 0 Å². The van der Waals surface area contributed by atoms with Gasteiger partial charge in [-0.25, -0.2) is 13.1 Å². The van der Waals surface area contributed by atoms with Crippen LogP contribution in [0.1, 0.15) is 6.42 Å². The molecule has 1 fully saturated rings. The van der Waals surface area contributed by atoms with E-state index in [0.29, 0.717) is 18.0 Å². The molecule has 0 spiro atoms. The highest BCUT2D eigenvalue weighted by Crippen LogP contribution is 2.29. The van der Waals surface area contributed by atoms with Gasteiger partial charge in [0.1, 0.15) is 22.1 Å². The Balaban J connectivity index is 1.69. The molecule has 2 aromatic rings. The van der Waals surface area contributed by atoms with Gasteiger partial charge in [0, 0.05) is 31.3 Å². The van der Waals surface area contributed by atoms with Crippen LogP contribution in [0.2, 0.25) is 0 Å². The highest BCUT2D eigenvalue weighted by Gasteiger charge is 2.32. The van der Waals surface area contributed by atoms with Gasteiger partial charge < -0.3 is 19.1 Å². The Hall–Kier alpha value is -2.78. The van der Waals surface area contributed by atoms with Crippen LogP contribution in [0.4, 0.5) is 5.69 Å². The van der Waals surface area contributed by atoms with Gasteiger partial charge in [-0.1, -0.05) is 0 Å². The second-order valence-corrected chi connectivity index (χ2v) is 8.38. The zero-order valence-electron chi connectivity index (χ0n) is 16.5. The summed E-state index contributed by atoms with van der Waals surface area (Å²) < 4.78 is 43.6. The lowest BCUT2D eigenvalue weighted by Gasteiger charge is -2.17. The van der Waals surface area contributed by atoms with E-state index in [1.54, 1.807) is 30.2 Å². The number of anilines is 1. The minimum Gasteiger partial charge on any atom is -0.497 e. The summed E-state index contributed by atoms with van der Waals surface area (Å²) in [5.41, 5.74) is 0.760. The van der Waals surface area contributed by atoms with E-state index in [2.05, 4.69) is 4.72 Å². The molecule has 0 bridgehead atoms. The second-order valence-electron chi connectivity index (χ2n) is 6.64. The molecule has 0 aromatic heterocycles. The number of sulfonamides is 1. The predicted molar refractivity (Wildman–Crippen MR) is 108 cm³/mol. The van der Waals surface area contributed by atoms with E-state index < -0.39 is 10.0 Å². The third-order valence-corrected chi connectivity index (χ3v) is 6.26. The zero-order valence-corrected chi connectivity index (χ0v) is 17.4. The van der Waals surface area contributed by atoms with Crippen LogP contribution in [0, 0.1) is 5.92 Å². The fourth-order valence-corrected chi connectivity index (χ4v) is 4.53. The van der Waals surface area contributed by atoms with Crippen molar-refractivity contribution in [3.63, 3.8) is 0 Å². The maximum atomic E-state index is 12.8. The quantitative estimate of drug-likeness (QED) is 0.702. The number of nitrogens with one attached hydrogen (secondary N) is 1. The number of hydrogen-bond acceptors (Lipinski definition) is 6. The lowest BCUT2D eigenvalue weighted by Crippen LogP contribution is -2.31. The van der Waals surface area contributed by atoms with Gasteiger partial charge in [0.2, 0.25) is 15.9 Å². The summed E-state index contributed by atoms with van der Waals surface area (Å²) in [7, 11) is 0.614. The van der Waals surface area contributed by atoms with E-state index in [9.17, 15) is 13.2 Å². The Labute approximate surface area is 170 Å². The number of amides is 1. The van der Waals surface area contributed by atoms with Crippen LogP contribution in [0.5, 0.6) is 17.2 Å². The average Bonchev–Trinajstić information content (AvgIpc) is 3.12. The molecule has 0 radical (unpaired) electrons. The summed E-state index contributed by atoms with van der Waals surface area (Å²) in [5.74, 6) is 1.15. The average molecular weight is 420 g/mol. The topological polar surface area (TPSA) is 94.2 Å². The highest BCUT2D eigenvalue weighted by molar-refractivity contribution is 7.89. The van der Waals surface area contributed by atoms with Crippen molar-refractivity contribution in [1.82, 2.24) is 4.72 Å². The summed E-state index contributed by atoms with van der Waals surface area (Å²) in [6.45, 7) is 0.573. The van der Waals surface area contributed by atoms with Crippen LogP contribution in [-0.4, -0.2) is 48.7 Å². The molecule has 0 unspecified atom stereocenters. The van der Waals surface area contributed by atoms with Gasteiger partial charge in [-0.05, 0) is 42.3 Å². The van der Waals surface area contributed by atoms with Crippen molar-refractivity contribution in [2.75, 3.05) is 39.3 Å². The van der Waals surface area contributed by atoms with Gasteiger partial charge in [-0.2, -0.15) is 0 Å². The standard InChI is InChI=1S/C20H24N2O6S/c1-26-16-6-4-15(5-7-16)22-13-14(10-20(22)23)12-21-29(24,25)19-11-17(27-2)8-9-18(19)28-3/h4-9,11,14,21H,10,12-13H2,1-3H3/t14-/m0/s1. The molecule has 8 nitrogen and oxygen atoms in total. The normalized spacial score (nSPS) is 16.7. The summed E-state index contributed by atoms with van der Waals surface area (Å²) in [6, 6.07) is 11.8. The van der Waals surface area contributed by atoms with Crippen LogP contribution in [-0.2, 0) is 14.8 Å².